The van der Waals surface area contributed by atoms with Crippen LogP contribution in [0, 0.1) is 0 Å². The Hall–Kier alpha value is -0.840. The molecule has 1 N–H and O–H groups in total. The van der Waals surface area contributed by atoms with Crippen molar-refractivity contribution in [3.63, 3.8) is 0 Å². The minimum Gasteiger partial charge on any atom is -0.381 e. The summed E-state index contributed by atoms with van der Waals surface area (Å²) in [5.74, 6) is 0. The Labute approximate surface area is 121 Å². The zero-order valence-electron chi connectivity index (χ0n) is 10.9. The molecule has 2 aromatic rings. The zero-order valence-corrected chi connectivity index (χ0v) is 12.5. The fourth-order valence-corrected chi connectivity index (χ4v) is 4.20. The zero-order chi connectivity index (χ0) is 13.4. The number of hydrogen-bond acceptors (Lipinski definition) is 3. The molecule has 0 fully saturated rings. The van der Waals surface area contributed by atoms with Gasteiger partial charge in [-0.1, -0.05) is 18.0 Å². The molecular weight excluding hydrogens is 280 g/mol. The van der Waals surface area contributed by atoms with Crippen LogP contribution in [0.25, 0.3) is 0 Å². The summed E-state index contributed by atoms with van der Waals surface area (Å²) in [6.45, 7) is 0. The van der Waals surface area contributed by atoms with Crippen molar-refractivity contribution in [3.05, 3.63) is 38.3 Å². The van der Waals surface area contributed by atoms with Gasteiger partial charge in [-0.3, -0.25) is 4.68 Å². The predicted molar refractivity (Wildman–Crippen MR) is 77.9 cm³/mol. The lowest BCUT2D eigenvalue weighted by Gasteiger charge is -2.09. The predicted octanol–water partition coefficient (Wildman–Crippen LogP) is 3.49. The molecule has 0 radical (unpaired) electrons. The first-order valence-corrected chi connectivity index (χ1v) is 7.83. The van der Waals surface area contributed by atoms with Crippen LogP contribution in [0.2, 0.25) is 5.02 Å². The van der Waals surface area contributed by atoms with E-state index in [1.807, 2.05) is 7.05 Å². The highest BCUT2D eigenvalue weighted by Gasteiger charge is 2.22. The molecule has 0 aliphatic heterocycles. The van der Waals surface area contributed by atoms with Crippen LogP contribution in [0.3, 0.4) is 0 Å². The molecule has 1 atom stereocenters. The van der Waals surface area contributed by atoms with Gasteiger partial charge in [0.2, 0.25) is 0 Å². The maximum absolute atomic E-state index is 10.5. The number of aliphatic hydroxyl groups excluding tert-OH is 1. The Bertz CT molecular complexity index is 547. The lowest BCUT2D eigenvalue weighted by atomic mass is 10.1. The molecule has 0 amide bonds. The van der Waals surface area contributed by atoms with Crippen molar-refractivity contribution in [2.45, 2.75) is 38.2 Å². The molecule has 3 nitrogen and oxygen atoms in total. The highest BCUT2D eigenvalue weighted by atomic mass is 35.5. The normalized spacial score (nSPS) is 17.0. The molecular formula is C14H17ClN2OS. The highest BCUT2D eigenvalue weighted by Crippen LogP contribution is 2.36. The van der Waals surface area contributed by atoms with Gasteiger partial charge >= 0.3 is 0 Å². The van der Waals surface area contributed by atoms with Crippen LogP contribution in [0.15, 0.2) is 12.3 Å². The molecule has 0 spiro atoms. The van der Waals surface area contributed by atoms with Crippen LogP contribution in [-0.4, -0.2) is 14.9 Å². The van der Waals surface area contributed by atoms with Crippen LogP contribution in [-0.2, 0) is 19.9 Å². The fourth-order valence-electron chi connectivity index (χ4n) is 2.69. The monoisotopic (exact) mass is 296 g/mol. The van der Waals surface area contributed by atoms with Crippen LogP contribution < -0.4 is 0 Å². The second-order valence-corrected chi connectivity index (χ2v) is 6.64. The SMILES string of the molecule is Cn1ncc(Cl)c1C(O)c1cc2c(s1)CCCCC2. The first kappa shape index (κ1) is 13.2. The maximum atomic E-state index is 10.5. The third kappa shape index (κ3) is 2.45. The van der Waals surface area contributed by atoms with Gasteiger partial charge in [-0.15, -0.1) is 11.3 Å². The highest BCUT2D eigenvalue weighted by molar-refractivity contribution is 7.12. The van der Waals surface area contributed by atoms with Gasteiger partial charge in [0.15, 0.2) is 0 Å². The lowest BCUT2D eigenvalue weighted by molar-refractivity contribution is 0.213. The van der Waals surface area contributed by atoms with E-state index in [2.05, 4.69) is 11.2 Å². The van der Waals surface area contributed by atoms with E-state index in [0.29, 0.717) is 10.7 Å². The molecule has 102 valence electrons. The smallest absolute Gasteiger partial charge is 0.131 e. The summed E-state index contributed by atoms with van der Waals surface area (Å²) in [4.78, 5) is 2.42. The summed E-state index contributed by atoms with van der Waals surface area (Å²) < 4.78 is 1.65. The van der Waals surface area contributed by atoms with E-state index >= 15 is 0 Å². The summed E-state index contributed by atoms with van der Waals surface area (Å²) in [6.07, 6.45) is 7.02. The number of aryl methyl sites for hydroxylation is 3. The molecule has 3 rings (SSSR count). The van der Waals surface area contributed by atoms with Gasteiger partial charge in [0.05, 0.1) is 16.9 Å². The van der Waals surface area contributed by atoms with Gasteiger partial charge in [-0.2, -0.15) is 5.10 Å². The van der Waals surface area contributed by atoms with Crippen LogP contribution in [0.5, 0.6) is 0 Å². The summed E-state index contributed by atoms with van der Waals surface area (Å²) in [5.41, 5.74) is 2.09. The van der Waals surface area contributed by atoms with Crippen LogP contribution in [0.4, 0.5) is 0 Å². The average molecular weight is 297 g/mol. The number of rotatable bonds is 2. The van der Waals surface area contributed by atoms with Crippen molar-refractivity contribution in [1.29, 1.82) is 0 Å². The van der Waals surface area contributed by atoms with Crippen molar-refractivity contribution < 1.29 is 5.11 Å². The van der Waals surface area contributed by atoms with Gasteiger partial charge < -0.3 is 5.11 Å². The number of fused-ring (bicyclic) bond motifs is 1. The van der Waals surface area contributed by atoms with Crippen molar-refractivity contribution in [2.75, 3.05) is 0 Å². The van der Waals surface area contributed by atoms with Crippen molar-refractivity contribution >= 4 is 22.9 Å². The molecule has 0 aromatic carbocycles. The van der Waals surface area contributed by atoms with Gasteiger partial charge in [0.1, 0.15) is 6.10 Å². The van der Waals surface area contributed by atoms with Crippen molar-refractivity contribution in [3.8, 4) is 0 Å². The number of aromatic nitrogens is 2. The van der Waals surface area contributed by atoms with Crippen molar-refractivity contribution in [2.24, 2.45) is 7.05 Å². The summed E-state index contributed by atoms with van der Waals surface area (Å²) in [6, 6.07) is 2.15. The molecule has 1 unspecified atom stereocenters. The average Bonchev–Trinajstić information content (AvgIpc) is 2.86. The largest absolute Gasteiger partial charge is 0.381 e. The standard InChI is InChI=1S/C14H17ClN2OS/c1-17-13(10(15)8-16-17)14(18)12-7-9-5-3-2-4-6-11(9)19-12/h7-8,14,18H,2-6H2,1H3. The Morgan fingerprint density at radius 2 is 2.16 bits per heavy atom. The van der Waals surface area contributed by atoms with E-state index in [1.165, 1.54) is 29.7 Å². The quantitative estimate of drug-likeness (QED) is 0.862. The second kappa shape index (κ2) is 5.27. The number of hydrogen-bond donors (Lipinski definition) is 1. The Balaban J connectivity index is 1.94. The van der Waals surface area contributed by atoms with Gasteiger partial charge in [0.25, 0.3) is 0 Å². The Morgan fingerprint density at radius 1 is 1.37 bits per heavy atom. The van der Waals surface area contributed by atoms with Gasteiger partial charge in [-0.25, -0.2) is 0 Å². The van der Waals surface area contributed by atoms with E-state index in [4.69, 9.17) is 11.6 Å². The summed E-state index contributed by atoms with van der Waals surface area (Å²) in [5, 5.41) is 15.1. The fraction of sp³-hybridized carbons (Fsp3) is 0.500. The van der Waals surface area contributed by atoms with E-state index in [1.54, 1.807) is 22.2 Å². The van der Waals surface area contributed by atoms with E-state index in [9.17, 15) is 5.11 Å². The van der Waals surface area contributed by atoms with E-state index < -0.39 is 6.10 Å². The molecule has 5 heteroatoms. The van der Waals surface area contributed by atoms with Gasteiger partial charge in [-0.05, 0) is 37.3 Å². The molecule has 0 bridgehead atoms. The molecule has 2 aromatic heterocycles. The lowest BCUT2D eigenvalue weighted by Crippen LogP contribution is -2.05. The summed E-state index contributed by atoms with van der Waals surface area (Å²) >= 11 is 7.83. The summed E-state index contributed by atoms with van der Waals surface area (Å²) in [7, 11) is 1.81. The van der Waals surface area contributed by atoms with Crippen LogP contribution >= 0.6 is 22.9 Å². The molecule has 1 aliphatic rings. The maximum Gasteiger partial charge on any atom is 0.131 e. The number of halogens is 1. The molecule has 19 heavy (non-hydrogen) atoms. The van der Waals surface area contributed by atoms with Crippen molar-refractivity contribution in [1.82, 2.24) is 9.78 Å². The minimum atomic E-state index is -0.670. The Kier molecular flexibility index (Phi) is 3.65. The number of aliphatic hydroxyl groups is 1. The van der Waals surface area contributed by atoms with E-state index in [-0.39, 0.29) is 0 Å². The molecule has 0 saturated heterocycles. The number of nitrogens with zero attached hydrogens (tertiary/aromatic N) is 2. The first-order chi connectivity index (χ1) is 9.16. The second-order valence-electron chi connectivity index (χ2n) is 5.06. The molecule has 2 heterocycles. The minimum absolute atomic E-state index is 0.526. The Morgan fingerprint density at radius 3 is 2.89 bits per heavy atom. The van der Waals surface area contributed by atoms with Gasteiger partial charge in [0, 0.05) is 16.8 Å². The third-order valence-corrected chi connectivity index (χ3v) is 5.31. The third-order valence-electron chi connectivity index (χ3n) is 3.73. The first-order valence-electron chi connectivity index (χ1n) is 6.63. The topological polar surface area (TPSA) is 38.0 Å². The number of thiophene rings is 1. The molecule has 1 aliphatic carbocycles. The molecule has 0 saturated carbocycles. The van der Waals surface area contributed by atoms with E-state index in [0.717, 1.165) is 17.7 Å². The van der Waals surface area contributed by atoms with Crippen LogP contribution in [0.1, 0.15) is 46.4 Å².